The summed E-state index contributed by atoms with van der Waals surface area (Å²) in [7, 11) is 1.64. The van der Waals surface area contributed by atoms with E-state index in [2.05, 4.69) is 119 Å². The van der Waals surface area contributed by atoms with Crippen molar-refractivity contribution < 1.29 is 77.3 Å². The zero-order valence-electron chi connectivity index (χ0n) is 73.2. The van der Waals surface area contributed by atoms with Gasteiger partial charge in [-0.15, -0.1) is 0 Å². The molecule has 0 saturated heterocycles. The molecule has 123 heavy (non-hydrogen) atoms. The smallest absolute Gasteiger partial charge is 0.325 e. The molecule has 0 bridgehead atoms. The van der Waals surface area contributed by atoms with Crippen LogP contribution in [0.5, 0.6) is 0 Å². The van der Waals surface area contributed by atoms with Crippen LogP contribution in [0.25, 0.3) is 10.9 Å². The van der Waals surface area contributed by atoms with Crippen LogP contribution in [0.1, 0.15) is 177 Å². The lowest BCUT2D eigenvalue weighted by atomic mass is 9.98. The molecule has 14 atom stereocenters. The van der Waals surface area contributed by atoms with E-state index < -0.39 is 174 Å². The molecule has 0 spiro atoms. The molecule has 39 heteroatoms. The number of aromatic nitrogens is 9. The lowest BCUT2D eigenvalue weighted by molar-refractivity contribution is -0.142. The van der Waals surface area contributed by atoms with Gasteiger partial charge in [0.2, 0.25) is 76.8 Å². The molecule has 5 aromatic heterocycles. The van der Waals surface area contributed by atoms with E-state index in [4.69, 9.17) is 0 Å². The number of amides is 13. The zero-order chi connectivity index (χ0) is 90.9. The summed E-state index contributed by atoms with van der Waals surface area (Å²) in [6.45, 7) is 25.8. The first-order chi connectivity index (χ1) is 58.2. The maximum absolute atomic E-state index is 15.3. The number of aliphatic carboxylic acids is 1. The molecule has 0 fully saturated rings. The van der Waals surface area contributed by atoms with Gasteiger partial charge < -0.3 is 110 Å². The number of hydrogen-bond acceptors (Lipinski definition) is 20. The number of carbonyl (C=O) groups is 14. The first kappa shape index (κ1) is 99.9. The monoisotopic (exact) mass is 1720 g/mol. The van der Waals surface area contributed by atoms with E-state index >= 15 is 14.4 Å². The van der Waals surface area contributed by atoms with Crippen LogP contribution in [0, 0.1) is 41.4 Å². The van der Waals surface area contributed by atoms with Gasteiger partial charge in [-0.1, -0.05) is 115 Å². The van der Waals surface area contributed by atoms with Gasteiger partial charge in [-0.2, -0.15) is 0 Å². The minimum Gasteiger partial charge on any atom is -0.480 e. The second-order valence-electron chi connectivity index (χ2n) is 34.4. The average Bonchev–Trinajstić information content (AvgIpc) is 1.70. The van der Waals surface area contributed by atoms with Crippen molar-refractivity contribution in [2.24, 2.45) is 41.4 Å². The van der Waals surface area contributed by atoms with Crippen LogP contribution in [0.3, 0.4) is 0 Å². The predicted octanol–water partition coefficient (Wildman–Crippen LogP) is 0.883. The molecule has 0 aliphatic rings. The van der Waals surface area contributed by atoms with Gasteiger partial charge in [0.05, 0.1) is 38.0 Å². The summed E-state index contributed by atoms with van der Waals surface area (Å²) in [4.78, 5) is 232. The van der Waals surface area contributed by atoms with E-state index in [1.807, 2.05) is 69.2 Å². The largest absolute Gasteiger partial charge is 0.480 e. The second kappa shape index (κ2) is 49.3. The maximum Gasteiger partial charge on any atom is 0.325 e. The van der Waals surface area contributed by atoms with E-state index in [1.54, 1.807) is 65.2 Å². The molecule has 676 valence electrons. The Morgan fingerprint density at radius 1 is 0.301 bits per heavy atom. The number of aliphatic hydroxyl groups excluding tert-OH is 1. The maximum atomic E-state index is 15.3. The van der Waals surface area contributed by atoms with E-state index in [0.717, 1.165) is 0 Å². The van der Waals surface area contributed by atoms with Crippen molar-refractivity contribution in [2.75, 3.05) is 13.7 Å². The Morgan fingerprint density at radius 2 is 0.528 bits per heavy atom. The number of hydrogen-bond donors (Lipinski definition) is 21. The second-order valence-corrected chi connectivity index (χ2v) is 34.4. The first-order valence-electron chi connectivity index (χ1n) is 42.1. The Hall–Kier alpha value is -11.9. The molecule has 39 nitrogen and oxygen atoms in total. The van der Waals surface area contributed by atoms with Crippen molar-refractivity contribution in [1.82, 2.24) is 119 Å². The summed E-state index contributed by atoms with van der Waals surface area (Å²) < 4.78 is 0. The number of carbonyl (C=O) groups excluding carboxylic acids is 13. The number of nitrogens with zero attached hydrogens (tertiary/aromatic N) is 4. The van der Waals surface area contributed by atoms with Crippen molar-refractivity contribution in [3.05, 3.63) is 109 Å². The first-order valence-corrected chi connectivity index (χ1v) is 42.1. The Labute approximate surface area is 716 Å². The van der Waals surface area contributed by atoms with E-state index in [9.17, 15) is 63.0 Å². The zero-order valence-corrected chi connectivity index (χ0v) is 73.2. The fraction of sp³-hybridized carbons (Fsp3) is 0.595. The highest BCUT2D eigenvalue weighted by Gasteiger charge is 2.40. The number of rotatable bonds is 53. The van der Waals surface area contributed by atoms with E-state index in [1.165, 1.54) is 57.0 Å². The number of likely N-dealkylation sites (N-methyl/N-ethyl adjacent to an activating group) is 1. The van der Waals surface area contributed by atoms with Gasteiger partial charge in [0, 0.05) is 96.8 Å². The Morgan fingerprint density at radius 3 is 0.780 bits per heavy atom. The quantitative estimate of drug-likeness (QED) is 0.0252. The van der Waals surface area contributed by atoms with Gasteiger partial charge in [-0.25, -0.2) is 19.9 Å². The molecule has 5 heterocycles. The van der Waals surface area contributed by atoms with Gasteiger partial charge in [0.15, 0.2) is 0 Å². The summed E-state index contributed by atoms with van der Waals surface area (Å²) in [5.74, 6) is -13.2. The fourth-order valence-corrected chi connectivity index (χ4v) is 13.9. The molecule has 0 saturated carbocycles. The summed E-state index contributed by atoms with van der Waals surface area (Å²) in [5, 5.41) is 59.6. The number of H-pyrrole nitrogens is 5. The number of carboxylic acid groups (broad SMARTS) is 1. The molecular formula is C84H129N23O16. The number of imidazole rings is 4. The Bertz CT molecular complexity index is 4390. The molecule has 6 rings (SSSR count). The number of fused-ring (bicyclic) bond motifs is 1. The summed E-state index contributed by atoms with van der Waals surface area (Å²) >= 11 is 0. The Kier molecular flexibility index (Phi) is 40.0. The molecule has 0 unspecified atom stereocenters. The van der Waals surface area contributed by atoms with Crippen LogP contribution in [-0.4, -0.2) is 236 Å². The predicted molar refractivity (Wildman–Crippen MR) is 456 cm³/mol. The van der Waals surface area contributed by atoms with E-state index in [0.29, 0.717) is 45.7 Å². The molecular weight excluding hydrogens is 1590 g/mol. The van der Waals surface area contributed by atoms with Crippen LogP contribution >= 0.6 is 0 Å². The normalized spacial score (nSPS) is 15.1. The fourth-order valence-electron chi connectivity index (χ4n) is 13.9. The highest BCUT2D eigenvalue weighted by molar-refractivity contribution is 6.01. The van der Waals surface area contributed by atoms with Gasteiger partial charge in [0.25, 0.3) is 0 Å². The van der Waals surface area contributed by atoms with Crippen LogP contribution in [-0.2, 0) is 99.2 Å². The number of benzene rings is 1. The van der Waals surface area contributed by atoms with Gasteiger partial charge in [0.1, 0.15) is 78.5 Å². The van der Waals surface area contributed by atoms with Crippen molar-refractivity contribution in [2.45, 2.75) is 265 Å². The molecule has 0 radical (unpaired) electrons. The molecule has 0 aliphatic heterocycles. The molecule has 21 N–H and O–H groups in total. The topological polar surface area (TPSA) is 578 Å². The number of aromatic amines is 5. The summed E-state index contributed by atoms with van der Waals surface area (Å²) in [6.07, 6.45) is 12.7. The van der Waals surface area contributed by atoms with Crippen LogP contribution in [0.15, 0.2) is 80.6 Å². The summed E-state index contributed by atoms with van der Waals surface area (Å²) in [6, 6.07) is -11.7. The van der Waals surface area contributed by atoms with Crippen molar-refractivity contribution >= 4 is 93.7 Å². The van der Waals surface area contributed by atoms with Crippen molar-refractivity contribution in [3.63, 3.8) is 0 Å². The third-order valence-corrected chi connectivity index (χ3v) is 20.1. The third-order valence-electron chi connectivity index (χ3n) is 20.1. The standard InChI is InChI=1S/C84H129N23O16/c1-43(2)21-58(85-16)71(109)103-67(30-53-35-87-40-92-53)80(118)99-60(23-45(5)6)75(113)98-63(26-48(11)12)78(116)105-69(32-55-37-89-42-94-55)82(120)107-70(38-108)83(121)101-64(27-49(13)14)76(114)102-65(28-51-33-90-57-20-18-17-19-56(51)57)79(117)106-68(31-54-36-88-41-93-54)81(119)100-61(24-46(7)8)74(112)96-59(22-44(3)4)73(111)97-62(25-47(9)10)77(115)104-66(29-52-34-86-39-91-52)72(110)95-50(15)84(122)123/h17-20,33-37,39-50,58-70,85,90,108H,21-32,38H2,1-16H3,(H,86,91)(H,87,92)(H,88,93)(H,89,94)(H,95,110)(H,96,112)(H,97,111)(H,98,113)(H,99,118)(H,100,119)(H,101,121)(H,102,114)(H,103,109)(H,104,115)(H,105,116)(H,106,117)(H,107,120)(H,122,123)/t50-,58-,59-,60-,61-,62-,63-,64-,65-,66-,67-,68-,69-,70-/m0/s1. The molecule has 1 aromatic carbocycles. The Balaban J connectivity index is 1.23. The SMILES string of the molecule is CN[C@@H](CC(C)C)C(=O)N[C@@H](Cc1cnc[nH]1)C(=O)N[C@@H](CC(C)C)C(=O)N[C@@H](CC(C)C)C(=O)N[C@@H](Cc1cnc[nH]1)C(=O)N[C@@H](CO)C(=O)N[C@@H](CC(C)C)C(=O)N[C@@H](Cc1c[nH]c2ccccc12)C(=O)N[C@@H](Cc1cnc[nH]1)C(=O)N[C@@H](CC(C)C)C(=O)N[C@@H](CC(C)C)C(=O)N[C@@H](CC(C)C)C(=O)N[C@@H](Cc1cnc[nH]1)C(=O)N[C@@H](C)C(=O)O. The third kappa shape index (κ3) is 33.5. The number of para-hydroxylation sites is 1. The van der Waals surface area contributed by atoms with Crippen LogP contribution in [0.2, 0.25) is 0 Å². The summed E-state index contributed by atoms with van der Waals surface area (Å²) in [5.41, 5.74) is 2.91. The molecule has 13 amide bonds. The highest BCUT2D eigenvalue weighted by atomic mass is 16.4. The average molecular weight is 1720 g/mol. The lowest BCUT2D eigenvalue weighted by Gasteiger charge is -2.29. The minimum absolute atomic E-state index is 0.00447. The minimum atomic E-state index is -1.79. The number of nitrogens with one attached hydrogen (secondary N) is 19. The van der Waals surface area contributed by atoms with E-state index in [-0.39, 0.29) is 112 Å². The van der Waals surface area contributed by atoms with Crippen molar-refractivity contribution in [3.8, 4) is 0 Å². The molecule has 6 aromatic rings. The highest BCUT2D eigenvalue weighted by Crippen LogP contribution is 2.22. The van der Waals surface area contributed by atoms with Crippen LogP contribution in [0.4, 0.5) is 0 Å². The lowest BCUT2D eigenvalue weighted by Crippen LogP contribution is -2.62. The van der Waals surface area contributed by atoms with Gasteiger partial charge >= 0.3 is 5.97 Å². The molecule has 0 aliphatic carbocycles. The van der Waals surface area contributed by atoms with Gasteiger partial charge in [-0.05, 0) is 112 Å². The number of aliphatic hydroxyl groups is 1. The number of carboxylic acids is 1. The van der Waals surface area contributed by atoms with Crippen molar-refractivity contribution in [1.29, 1.82) is 0 Å². The van der Waals surface area contributed by atoms with Crippen LogP contribution < -0.4 is 74.4 Å². The van der Waals surface area contributed by atoms with Gasteiger partial charge in [-0.3, -0.25) is 67.1 Å².